The van der Waals surface area contributed by atoms with Crippen LogP contribution in [0, 0.1) is 0 Å². The number of nitrogens with zero attached hydrogens (tertiary/aromatic N) is 2. The highest BCUT2D eigenvalue weighted by Gasteiger charge is 2.06. The molecule has 4 aromatic rings. The highest BCUT2D eigenvalue weighted by molar-refractivity contribution is 6.13. The lowest BCUT2D eigenvalue weighted by molar-refractivity contribution is 1.23. The Balaban J connectivity index is 1.59. The van der Waals surface area contributed by atoms with Crippen molar-refractivity contribution in [3.63, 3.8) is 0 Å². The van der Waals surface area contributed by atoms with Gasteiger partial charge in [-0.25, -0.2) is 0 Å². The monoisotopic (exact) mass is 400 g/mol. The smallest absolute Gasteiger partial charge is 0.0774 e. The first-order valence-electron chi connectivity index (χ1n) is 10.4. The first-order chi connectivity index (χ1) is 15.4. The summed E-state index contributed by atoms with van der Waals surface area (Å²) < 4.78 is 0. The molecule has 0 fully saturated rings. The first-order valence-corrected chi connectivity index (χ1v) is 10.4. The minimum absolute atomic E-state index is 0.555. The van der Waals surface area contributed by atoms with E-state index in [1.165, 1.54) is 0 Å². The van der Waals surface area contributed by atoms with Crippen LogP contribution in [0.2, 0.25) is 0 Å². The summed E-state index contributed by atoms with van der Waals surface area (Å²) in [5.41, 5.74) is 6.35. The quantitative estimate of drug-likeness (QED) is 0.313. The van der Waals surface area contributed by atoms with E-state index < -0.39 is 0 Å². The van der Waals surface area contributed by atoms with Gasteiger partial charge in [0.2, 0.25) is 0 Å². The van der Waals surface area contributed by atoms with Gasteiger partial charge in [0.05, 0.1) is 18.0 Å². The zero-order chi connectivity index (χ0) is 21.1. The standard InChI is InChI=1S/C29H24N2/c1-5-14-24(15-6-1)28(25-16-7-2-8-17-25)30-22-13-23-31-29(26-18-9-3-10-19-26)27-20-11-4-12-21-27/h1-22H,23H2. The van der Waals surface area contributed by atoms with Crippen molar-refractivity contribution in [2.45, 2.75) is 0 Å². The summed E-state index contributed by atoms with van der Waals surface area (Å²) in [4.78, 5) is 9.64. The Kier molecular flexibility index (Phi) is 6.96. The van der Waals surface area contributed by atoms with Gasteiger partial charge in [-0.2, -0.15) is 0 Å². The molecule has 4 aromatic carbocycles. The predicted molar refractivity (Wildman–Crippen MR) is 131 cm³/mol. The molecule has 31 heavy (non-hydrogen) atoms. The Hall–Kier alpha value is -4.04. The van der Waals surface area contributed by atoms with Crippen molar-refractivity contribution in [3.8, 4) is 0 Å². The average Bonchev–Trinajstić information content (AvgIpc) is 2.86. The van der Waals surface area contributed by atoms with E-state index in [-0.39, 0.29) is 0 Å². The van der Waals surface area contributed by atoms with E-state index >= 15 is 0 Å². The van der Waals surface area contributed by atoms with E-state index in [1.54, 1.807) is 0 Å². The van der Waals surface area contributed by atoms with E-state index in [0.29, 0.717) is 6.54 Å². The molecular weight excluding hydrogens is 376 g/mol. The van der Waals surface area contributed by atoms with E-state index in [0.717, 1.165) is 33.7 Å². The van der Waals surface area contributed by atoms with Crippen molar-refractivity contribution in [2.75, 3.05) is 6.54 Å². The maximum atomic E-state index is 4.87. The van der Waals surface area contributed by atoms with Crippen LogP contribution in [-0.2, 0) is 0 Å². The molecule has 150 valence electrons. The molecule has 4 rings (SSSR count). The maximum absolute atomic E-state index is 4.87. The molecule has 2 heteroatoms. The summed E-state index contributed by atoms with van der Waals surface area (Å²) in [6, 6.07) is 41.1. The maximum Gasteiger partial charge on any atom is 0.0774 e. The molecular formula is C29H24N2. The summed E-state index contributed by atoms with van der Waals surface area (Å²) in [7, 11) is 0. The third-order valence-corrected chi connectivity index (χ3v) is 4.85. The predicted octanol–water partition coefficient (Wildman–Crippen LogP) is 6.58. The Labute approximate surface area is 184 Å². The third-order valence-electron chi connectivity index (χ3n) is 4.85. The Morgan fingerprint density at radius 3 is 1.23 bits per heavy atom. The largest absolute Gasteiger partial charge is 0.280 e. The summed E-state index contributed by atoms with van der Waals surface area (Å²) in [5, 5.41) is 0. The molecule has 0 bridgehead atoms. The SMILES string of the molecule is C(=CN=C(c1ccccc1)c1ccccc1)CN=C(c1ccccc1)c1ccccc1. The van der Waals surface area contributed by atoms with Crippen LogP contribution >= 0.6 is 0 Å². The van der Waals surface area contributed by atoms with Crippen LogP contribution in [0.1, 0.15) is 22.3 Å². The molecule has 0 N–H and O–H groups in total. The molecule has 0 aliphatic rings. The molecule has 0 spiro atoms. The molecule has 0 radical (unpaired) electrons. The Bertz CT molecular complexity index is 1080. The summed E-state index contributed by atoms with van der Waals surface area (Å²) in [6.07, 6.45) is 3.85. The van der Waals surface area contributed by atoms with Crippen LogP contribution in [0.5, 0.6) is 0 Å². The van der Waals surface area contributed by atoms with Gasteiger partial charge in [-0.05, 0) is 6.08 Å². The van der Waals surface area contributed by atoms with Crippen LogP contribution in [0.3, 0.4) is 0 Å². The van der Waals surface area contributed by atoms with Gasteiger partial charge in [0.1, 0.15) is 0 Å². The van der Waals surface area contributed by atoms with Gasteiger partial charge in [-0.15, -0.1) is 0 Å². The lowest BCUT2D eigenvalue weighted by atomic mass is 10.0. The molecule has 0 saturated carbocycles. The zero-order valence-electron chi connectivity index (χ0n) is 17.3. The van der Waals surface area contributed by atoms with Crippen LogP contribution in [0.25, 0.3) is 0 Å². The van der Waals surface area contributed by atoms with Gasteiger partial charge < -0.3 is 0 Å². The highest BCUT2D eigenvalue weighted by atomic mass is 14.7. The van der Waals surface area contributed by atoms with E-state index in [4.69, 9.17) is 9.98 Å². The van der Waals surface area contributed by atoms with Crippen LogP contribution < -0.4 is 0 Å². The fourth-order valence-corrected chi connectivity index (χ4v) is 3.37. The molecule has 0 unspecified atom stereocenters. The molecule has 0 aliphatic carbocycles. The molecule has 0 heterocycles. The minimum Gasteiger partial charge on any atom is -0.280 e. The topological polar surface area (TPSA) is 24.7 Å². The summed E-state index contributed by atoms with van der Waals surface area (Å²) in [5.74, 6) is 0. The molecule has 0 amide bonds. The number of hydrogen-bond donors (Lipinski definition) is 0. The van der Waals surface area contributed by atoms with Gasteiger partial charge in [-0.3, -0.25) is 9.98 Å². The van der Waals surface area contributed by atoms with Crippen molar-refractivity contribution in [1.29, 1.82) is 0 Å². The fraction of sp³-hybridized carbons (Fsp3) is 0.0345. The summed E-state index contributed by atoms with van der Waals surface area (Å²) >= 11 is 0. The minimum atomic E-state index is 0.555. The first kappa shape index (κ1) is 20.2. The van der Waals surface area contributed by atoms with Crippen molar-refractivity contribution in [3.05, 3.63) is 156 Å². The number of aliphatic imine (C=N–C) groups is 2. The van der Waals surface area contributed by atoms with Crippen LogP contribution in [0.15, 0.2) is 144 Å². The van der Waals surface area contributed by atoms with E-state index in [9.17, 15) is 0 Å². The van der Waals surface area contributed by atoms with Gasteiger partial charge in [0.15, 0.2) is 0 Å². The van der Waals surface area contributed by atoms with Crippen molar-refractivity contribution in [2.24, 2.45) is 9.98 Å². The summed E-state index contributed by atoms with van der Waals surface area (Å²) in [6.45, 7) is 0.555. The Morgan fingerprint density at radius 2 is 0.839 bits per heavy atom. The number of hydrogen-bond acceptors (Lipinski definition) is 2. The van der Waals surface area contributed by atoms with E-state index in [2.05, 4.69) is 48.5 Å². The van der Waals surface area contributed by atoms with Crippen LogP contribution in [-0.4, -0.2) is 18.0 Å². The second-order valence-electron chi connectivity index (χ2n) is 7.02. The second kappa shape index (κ2) is 10.7. The Morgan fingerprint density at radius 1 is 0.484 bits per heavy atom. The van der Waals surface area contributed by atoms with Crippen molar-refractivity contribution in [1.82, 2.24) is 0 Å². The second-order valence-corrected chi connectivity index (χ2v) is 7.02. The molecule has 0 aliphatic heterocycles. The van der Waals surface area contributed by atoms with E-state index in [1.807, 2.05) is 85.1 Å². The molecule has 0 aromatic heterocycles. The van der Waals surface area contributed by atoms with Crippen molar-refractivity contribution >= 4 is 11.4 Å². The van der Waals surface area contributed by atoms with Gasteiger partial charge >= 0.3 is 0 Å². The van der Waals surface area contributed by atoms with Gasteiger partial charge in [-0.1, -0.05) is 121 Å². The van der Waals surface area contributed by atoms with Crippen LogP contribution in [0.4, 0.5) is 0 Å². The normalized spacial score (nSPS) is 10.6. The highest BCUT2D eigenvalue weighted by Crippen LogP contribution is 2.12. The lowest BCUT2D eigenvalue weighted by Gasteiger charge is -2.07. The number of rotatable bonds is 7. The molecule has 0 saturated heterocycles. The third kappa shape index (κ3) is 5.52. The van der Waals surface area contributed by atoms with Gasteiger partial charge in [0, 0.05) is 28.5 Å². The van der Waals surface area contributed by atoms with Crippen molar-refractivity contribution < 1.29 is 0 Å². The molecule has 2 nitrogen and oxygen atoms in total. The average molecular weight is 401 g/mol. The van der Waals surface area contributed by atoms with Gasteiger partial charge in [0.25, 0.3) is 0 Å². The molecule has 0 atom stereocenters. The number of benzene rings is 4. The zero-order valence-corrected chi connectivity index (χ0v) is 17.3. The fourth-order valence-electron chi connectivity index (χ4n) is 3.37. The lowest BCUT2D eigenvalue weighted by Crippen LogP contribution is -2.04.